The summed E-state index contributed by atoms with van der Waals surface area (Å²) < 4.78 is 5.96. The summed E-state index contributed by atoms with van der Waals surface area (Å²) in [7, 11) is 0. The molecular formula is C23H30N2O3. The summed E-state index contributed by atoms with van der Waals surface area (Å²) in [6, 6.07) is 14.3. The van der Waals surface area contributed by atoms with Crippen LogP contribution in [0.15, 0.2) is 48.5 Å². The number of hydrogen-bond donors (Lipinski definition) is 2. The average molecular weight is 383 g/mol. The molecule has 0 aliphatic heterocycles. The van der Waals surface area contributed by atoms with Crippen LogP contribution in [0.2, 0.25) is 0 Å². The Bertz CT molecular complexity index is 755. The smallest absolute Gasteiger partial charge is 0.257 e. The zero-order chi connectivity index (χ0) is 19.8. The molecular weight excluding hydrogens is 352 g/mol. The van der Waals surface area contributed by atoms with Gasteiger partial charge in [0, 0.05) is 13.1 Å². The summed E-state index contributed by atoms with van der Waals surface area (Å²) in [5, 5.41) is 9.41. The first kappa shape index (κ1) is 20.2. The van der Waals surface area contributed by atoms with Gasteiger partial charge in [0.05, 0.1) is 5.56 Å². The van der Waals surface area contributed by atoms with Crippen LogP contribution in [0.5, 0.6) is 11.5 Å². The zero-order valence-electron chi connectivity index (χ0n) is 16.3. The Kier molecular flexibility index (Phi) is 7.31. The number of carbonyl (C=O) groups is 1. The highest BCUT2D eigenvalue weighted by Crippen LogP contribution is 2.27. The number of ether oxygens (including phenoxy) is 1. The number of carbonyl (C=O) groups excluding carboxylic acids is 1. The third kappa shape index (κ3) is 5.49. The van der Waals surface area contributed by atoms with E-state index in [1.165, 1.54) is 25.7 Å². The van der Waals surface area contributed by atoms with E-state index in [-0.39, 0.29) is 11.7 Å². The zero-order valence-corrected chi connectivity index (χ0v) is 16.3. The van der Waals surface area contributed by atoms with E-state index < -0.39 is 0 Å². The maximum Gasteiger partial charge on any atom is 0.257 e. The van der Waals surface area contributed by atoms with Gasteiger partial charge in [-0.1, -0.05) is 37.1 Å². The fraction of sp³-hybridized carbons (Fsp3) is 0.435. The van der Waals surface area contributed by atoms with E-state index in [4.69, 9.17) is 10.5 Å². The second-order valence-electron chi connectivity index (χ2n) is 7.50. The Balaban J connectivity index is 1.72. The molecule has 0 saturated heterocycles. The molecule has 28 heavy (non-hydrogen) atoms. The molecule has 1 aliphatic carbocycles. The van der Waals surface area contributed by atoms with Crippen molar-refractivity contribution in [2.24, 2.45) is 11.7 Å². The molecule has 0 heterocycles. The van der Waals surface area contributed by atoms with E-state index >= 15 is 0 Å². The summed E-state index contributed by atoms with van der Waals surface area (Å²) in [6.07, 6.45) is 5.72. The van der Waals surface area contributed by atoms with Gasteiger partial charge in [-0.05, 0) is 61.6 Å². The predicted molar refractivity (Wildman–Crippen MR) is 110 cm³/mol. The highest BCUT2D eigenvalue weighted by Gasteiger charge is 2.24. The number of phenols is 1. The molecule has 5 heteroatoms. The van der Waals surface area contributed by atoms with E-state index in [1.54, 1.807) is 12.1 Å². The summed E-state index contributed by atoms with van der Waals surface area (Å²) in [5.74, 6) is 1.42. The van der Waals surface area contributed by atoms with Gasteiger partial charge >= 0.3 is 0 Å². The molecule has 1 saturated carbocycles. The Labute approximate surface area is 167 Å². The van der Waals surface area contributed by atoms with Gasteiger partial charge in [-0.2, -0.15) is 0 Å². The summed E-state index contributed by atoms with van der Waals surface area (Å²) in [4.78, 5) is 15.2. The van der Waals surface area contributed by atoms with E-state index in [0.29, 0.717) is 36.9 Å². The molecule has 3 rings (SSSR count). The van der Waals surface area contributed by atoms with Gasteiger partial charge in [-0.3, -0.25) is 4.79 Å². The van der Waals surface area contributed by atoms with E-state index in [2.05, 4.69) is 0 Å². The second-order valence-corrected chi connectivity index (χ2v) is 7.50. The van der Waals surface area contributed by atoms with Crippen LogP contribution >= 0.6 is 0 Å². The maximum atomic E-state index is 13.3. The Morgan fingerprint density at radius 1 is 1.11 bits per heavy atom. The van der Waals surface area contributed by atoms with Gasteiger partial charge in [0.15, 0.2) is 0 Å². The first-order chi connectivity index (χ1) is 13.7. The first-order valence-electron chi connectivity index (χ1n) is 10.2. The minimum absolute atomic E-state index is 0.0154. The number of hydrogen-bond acceptors (Lipinski definition) is 4. The van der Waals surface area contributed by atoms with Gasteiger partial charge in [0.2, 0.25) is 0 Å². The van der Waals surface area contributed by atoms with Gasteiger partial charge in [-0.15, -0.1) is 0 Å². The van der Waals surface area contributed by atoms with Gasteiger partial charge in [0.25, 0.3) is 5.91 Å². The largest absolute Gasteiger partial charge is 0.508 e. The van der Waals surface area contributed by atoms with E-state index in [0.717, 1.165) is 18.5 Å². The fourth-order valence-electron chi connectivity index (χ4n) is 3.76. The van der Waals surface area contributed by atoms with Crippen LogP contribution in [0.3, 0.4) is 0 Å². The second kappa shape index (κ2) is 10.1. The van der Waals surface area contributed by atoms with E-state index in [9.17, 15) is 9.90 Å². The molecule has 0 unspecified atom stereocenters. The van der Waals surface area contributed by atoms with Gasteiger partial charge < -0.3 is 20.5 Å². The number of nitrogens with zero attached hydrogens (tertiary/aromatic N) is 1. The van der Waals surface area contributed by atoms with Crippen molar-refractivity contribution in [2.75, 3.05) is 19.6 Å². The molecule has 1 aliphatic rings. The quantitative estimate of drug-likeness (QED) is 0.688. The molecule has 2 aromatic rings. The van der Waals surface area contributed by atoms with Crippen LogP contribution in [0.4, 0.5) is 0 Å². The summed E-state index contributed by atoms with van der Waals surface area (Å²) in [6.45, 7) is 2.40. The summed E-state index contributed by atoms with van der Waals surface area (Å²) in [5.41, 5.74) is 7.23. The van der Waals surface area contributed by atoms with Crippen LogP contribution in [0.25, 0.3) is 0 Å². The molecule has 5 nitrogen and oxygen atoms in total. The highest BCUT2D eigenvalue weighted by atomic mass is 16.5. The van der Waals surface area contributed by atoms with Crippen molar-refractivity contribution in [2.45, 2.75) is 38.7 Å². The number of para-hydroxylation sites is 1. The van der Waals surface area contributed by atoms with Gasteiger partial charge in [0.1, 0.15) is 18.1 Å². The lowest BCUT2D eigenvalue weighted by atomic mass is 10.1. The Morgan fingerprint density at radius 3 is 2.54 bits per heavy atom. The van der Waals surface area contributed by atoms with Crippen LogP contribution in [-0.4, -0.2) is 35.5 Å². The van der Waals surface area contributed by atoms with Gasteiger partial charge in [-0.25, -0.2) is 0 Å². The van der Waals surface area contributed by atoms with Crippen molar-refractivity contribution in [3.8, 4) is 11.5 Å². The fourth-order valence-corrected chi connectivity index (χ4v) is 3.76. The monoisotopic (exact) mass is 382 g/mol. The van der Waals surface area contributed by atoms with Crippen molar-refractivity contribution >= 4 is 5.91 Å². The molecule has 0 aromatic heterocycles. The molecule has 1 amide bonds. The number of nitrogens with two attached hydrogens (primary N) is 1. The number of rotatable bonds is 9. The predicted octanol–water partition coefficient (Wildman–Crippen LogP) is 3.95. The van der Waals surface area contributed by atoms with E-state index in [1.807, 2.05) is 41.3 Å². The maximum absolute atomic E-state index is 13.3. The van der Waals surface area contributed by atoms with Crippen molar-refractivity contribution in [1.82, 2.24) is 4.90 Å². The van der Waals surface area contributed by atoms with Crippen LogP contribution in [-0.2, 0) is 6.61 Å². The third-order valence-electron chi connectivity index (χ3n) is 5.32. The SMILES string of the molecule is NCCCN(CC1CCCC1)C(=O)c1ccccc1OCc1ccc(O)cc1. The molecule has 0 bridgehead atoms. The lowest BCUT2D eigenvalue weighted by molar-refractivity contribution is 0.0723. The Morgan fingerprint density at radius 2 is 1.82 bits per heavy atom. The molecule has 2 aromatic carbocycles. The third-order valence-corrected chi connectivity index (χ3v) is 5.32. The highest BCUT2D eigenvalue weighted by molar-refractivity contribution is 5.97. The lowest BCUT2D eigenvalue weighted by Crippen LogP contribution is -2.36. The normalized spacial score (nSPS) is 14.2. The molecule has 3 N–H and O–H groups in total. The number of amides is 1. The van der Waals surface area contributed by atoms with Crippen molar-refractivity contribution in [1.29, 1.82) is 0 Å². The van der Waals surface area contributed by atoms with Crippen molar-refractivity contribution in [3.05, 3.63) is 59.7 Å². The number of benzene rings is 2. The number of aromatic hydroxyl groups is 1. The minimum Gasteiger partial charge on any atom is -0.508 e. The molecule has 1 fully saturated rings. The first-order valence-corrected chi connectivity index (χ1v) is 10.2. The number of phenolic OH excluding ortho intramolecular Hbond substituents is 1. The van der Waals surface area contributed by atoms with Crippen molar-refractivity contribution in [3.63, 3.8) is 0 Å². The minimum atomic E-state index is 0.0154. The molecule has 0 spiro atoms. The van der Waals surface area contributed by atoms with Crippen LogP contribution in [0.1, 0.15) is 48.0 Å². The lowest BCUT2D eigenvalue weighted by Gasteiger charge is -2.26. The van der Waals surface area contributed by atoms with Crippen LogP contribution in [0, 0.1) is 5.92 Å². The topological polar surface area (TPSA) is 75.8 Å². The summed E-state index contributed by atoms with van der Waals surface area (Å²) >= 11 is 0. The Hall–Kier alpha value is -2.53. The van der Waals surface area contributed by atoms with Crippen LogP contribution < -0.4 is 10.5 Å². The molecule has 150 valence electrons. The average Bonchev–Trinajstić information content (AvgIpc) is 3.23. The molecule has 0 atom stereocenters. The standard InChI is InChI=1S/C23H30N2O3/c24-14-5-15-25(16-18-6-1-2-7-18)23(27)21-8-3-4-9-22(21)28-17-19-10-12-20(26)13-11-19/h3-4,8-13,18,26H,1-2,5-7,14-17,24H2. The molecule has 0 radical (unpaired) electrons. The van der Waals surface area contributed by atoms with Crippen molar-refractivity contribution < 1.29 is 14.6 Å².